The van der Waals surface area contributed by atoms with Gasteiger partial charge >= 0.3 is 0 Å². The highest BCUT2D eigenvalue weighted by Crippen LogP contribution is 2.43. The Kier molecular flexibility index (Phi) is 7.04. The van der Waals surface area contributed by atoms with E-state index in [0.717, 1.165) is 12.8 Å². The van der Waals surface area contributed by atoms with Crippen LogP contribution in [0.3, 0.4) is 0 Å². The van der Waals surface area contributed by atoms with Gasteiger partial charge in [0, 0.05) is 42.9 Å². The molecular weight excluding hydrogens is 460 g/mol. The van der Waals surface area contributed by atoms with Crippen molar-refractivity contribution >= 4 is 46.1 Å². The Balaban J connectivity index is 1.73. The predicted octanol–water partition coefficient (Wildman–Crippen LogP) is 4.03. The van der Waals surface area contributed by atoms with Crippen LogP contribution >= 0.6 is 11.6 Å². The third-order valence-electron chi connectivity index (χ3n) is 5.43. The number of halogens is 1. The number of hydrogen-bond acceptors (Lipinski definition) is 8. The number of nitrogens with zero attached hydrogens (tertiary/aromatic N) is 1. The fourth-order valence-electron chi connectivity index (χ4n) is 3.48. The van der Waals surface area contributed by atoms with Gasteiger partial charge in [0.2, 0.25) is 0 Å². The van der Waals surface area contributed by atoms with Crippen molar-refractivity contribution in [3.8, 4) is 17.2 Å². The van der Waals surface area contributed by atoms with Gasteiger partial charge in [-0.05, 0) is 31.0 Å². The van der Waals surface area contributed by atoms with Crippen LogP contribution in [0, 0.1) is 0 Å². The molecule has 0 radical (unpaired) electrons. The van der Waals surface area contributed by atoms with Crippen molar-refractivity contribution < 1.29 is 23.8 Å². The predicted molar refractivity (Wildman–Crippen MR) is 130 cm³/mol. The van der Waals surface area contributed by atoms with E-state index >= 15 is 0 Å². The van der Waals surface area contributed by atoms with E-state index in [-0.39, 0.29) is 28.4 Å². The molecule has 1 amide bonds. The average Bonchev–Trinajstić information content (AvgIpc) is 3.67. The van der Waals surface area contributed by atoms with Gasteiger partial charge in [-0.1, -0.05) is 11.6 Å². The highest BCUT2D eigenvalue weighted by Gasteiger charge is 2.25. The molecule has 178 valence electrons. The number of carbonyl (C=O) groups excluding carboxylic acids is 2. The molecule has 0 bridgehead atoms. The smallest absolute Gasteiger partial charge is 0.255 e. The molecular formula is C24H25ClN4O5. The molecule has 1 aliphatic carbocycles. The first kappa shape index (κ1) is 23.6. The number of aldehydes is 1. The van der Waals surface area contributed by atoms with E-state index in [2.05, 4.69) is 15.6 Å². The number of nitrogens with two attached hydrogens (primary N) is 1. The van der Waals surface area contributed by atoms with Gasteiger partial charge in [0.15, 0.2) is 12.0 Å². The second-order valence-electron chi connectivity index (χ2n) is 7.83. The standard InChI is InChI=1S/C24H25ClN4O5/c1-32-8-7-28-24(31)16-10-15-17(11-19(16)33-2)27-6-5-18(15)34-20-9-13(12-30)23(21(25)22(20)26)29-14-3-4-14/h5-6,9-12,14,29H,3-4,7-8,26H2,1-2H3,(H,28,31). The molecule has 0 unspecified atom stereocenters. The number of anilines is 2. The zero-order chi connectivity index (χ0) is 24.2. The Labute approximate surface area is 201 Å². The lowest BCUT2D eigenvalue weighted by molar-refractivity contribution is 0.0934. The average molecular weight is 485 g/mol. The summed E-state index contributed by atoms with van der Waals surface area (Å²) in [5, 5.41) is 6.81. The number of benzene rings is 2. The van der Waals surface area contributed by atoms with Crippen LogP contribution in [0.5, 0.6) is 17.2 Å². The minimum Gasteiger partial charge on any atom is -0.496 e. The van der Waals surface area contributed by atoms with Crippen molar-refractivity contribution in [1.82, 2.24) is 10.3 Å². The summed E-state index contributed by atoms with van der Waals surface area (Å²) < 4.78 is 16.5. The van der Waals surface area contributed by atoms with E-state index in [4.69, 9.17) is 31.5 Å². The van der Waals surface area contributed by atoms with Crippen LogP contribution in [0.25, 0.3) is 10.9 Å². The number of nitrogen functional groups attached to an aromatic ring is 1. The van der Waals surface area contributed by atoms with Gasteiger partial charge in [-0.3, -0.25) is 14.6 Å². The Bertz CT molecular complexity index is 1250. The number of fused-ring (bicyclic) bond motifs is 1. The second-order valence-corrected chi connectivity index (χ2v) is 8.21. The zero-order valence-electron chi connectivity index (χ0n) is 18.8. The molecule has 2 aromatic carbocycles. The summed E-state index contributed by atoms with van der Waals surface area (Å²) in [6.45, 7) is 0.722. The molecule has 4 rings (SSSR count). The molecule has 0 saturated heterocycles. The number of pyridine rings is 1. The fourth-order valence-corrected chi connectivity index (χ4v) is 3.74. The Hall–Kier alpha value is -3.56. The minimum atomic E-state index is -0.327. The zero-order valence-corrected chi connectivity index (χ0v) is 19.6. The Morgan fingerprint density at radius 3 is 2.71 bits per heavy atom. The second kappa shape index (κ2) is 10.1. The molecule has 1 saturated carbocycles. The summed E-state index contributed by atoms with van der Waals surface area (Å²) >= 11 is 6.49. The molecule has 4 N–H and O–H groups in total. The number of amides is 1. The van der Waals surface area contributed by atoms with Gasteiger partial charge in [0.1, 0.15) is 11.5 Å². The maximum atomic E-state index is 12.7. The summed E-state index contributed by atoms with van der Waals surface area (Å²) in [6.07, 6.45) is 4.30. The Morgan fingerprint density at radius 2 is 2.03 bits per heavy atom. The van der Waals surface area contributed by atoms with E-state index < -0.39 is 0 Å². The van der Waals surface area contributed by atoms with Gasteiger partial charge in [0.05, 0.1) is 41.2 Å². The van der Waals surface area contributed by atoms with Crippen LogP contribution in [-0.2, 0) is 4.74 Å². The minimum absolute atomic E-state index is 0.200. The van der Waals surface area contributed by atoms with Gasteiger partial charge in [-0.15, -0.1) is 0 Å². The summed E-state index contributed by atoms with van der Waals surface area (Å²) in [5.41, 5.74) is 8.18. The number of methoxy groups -OCH3 is 2. The largest absolute Gasteiger partial charge is 0.496 e. The van der Waals surface area contributed by atoms with Crippen molar-refractivity contribution in [3.05, 3.63) is 46.6 Å². The van der Waals surface area contributed by atoms with Crippen LogP contribution < -0.4 is 25.8 Å². The SMILES string of the molecule is COCCNC(=O)c1cc2c(Oc3cc(C=O)c(NC4CC4)c(Cl)c3N)ccnc2cc1OC. The van der Waals surface area contributed by atoms with Crippen molar-refractivity contribution in [3.63, 3.8) is 0 Å². The molecule has 0 atom stereocenters. The molecule has 1 fully saturated rings. The molecule has 1 heterocycles. The van der Waals surface area contributed by atoms with Gasteiger partial charge in [-0.2, -0.15) is 0 Å². The third kappa shape index (κ3) is 4.85. The Morgan fingerprint density at radius 1 is 1.24 bits per heavy atom. The highest BCUT2D eigenvalue weighted by molar-refractivity contribution is 6.36. The van der Waals surface area contributed by atoms with E-state index in [0.29, 0.717) is 58.7 Å². The topological polar surface area (TPSA) is 125 Å². The first-order chi connectivity index (χ1) is 16.5. The van der Waals surface area contributed by atoms with Gasteiger partial charge in [-0.25, -0.2) is 0 Å². The fraction of sp³-hybridized carbons (Fsp3) is 0.292. The molecule has 1 aliphatic rings. The van der Waals surface area contributed by atoms with E-state index in [1.165, 1.54) is 7.11 Å². The number of nitrogens with one attached hydrogen (secondary N) is 2. The first-order valence-electron chi connectivity index (χ1n) is 10.7. The normalized spacial score (nSPS) is 12.9. The quantitative estimate of drug-likeness (QED) is 0.224. The van der Waals surface area contributed by atoms with Gasteiger partial charge in [0.25, 0.3) is 5.91 Å². The molecule has 0 aliphatic heterocycles. The lowest BCUT2D eigenvalue weighted by Gasteiger charge is -2.17. The molecule has 1 aromatic heterocycles. The van der Waals surface area contributed by atoms with Crippen LogP contribution in [0.4, 0.5) is 11.4 Å². The van der Waals surface area contributed by atoms with Crippen LogP contribution in [0.2, 0.25) is 5.02 Å². The summed E-state index contributed by atoms with van der Waals surface area (Å²) in [6, 6.07) is 6.78. The van der Waals surface area contributed by atoms with Crippen molar-refractivity contribution in [2.24, 2.45) is 0 Å². The lowest BCUT2D eigenvalue weighted by atomic mass is 10.1. The van der Waals surface area contributed by atoms with E-state index in [1.54, 1.807) is 37.6 Å². The number of aromatic nitrogens is 1. The maximum absolute atomic E-state index is 12.7. The number of ether oxygens (including phenoxy) is 3. The number of hydrogen-bond donors (Lipinski definition) is 3. The van der Waals surface area contributed by atoms with Gasteiger partial charge < -0.3 is 30.6 Å². The highest BCUT2D eigenvalue weighted by atomic mass is 35.5. The monoisotopic (exact) mass is 484 g/mol. The first-order valence-corrected chi connectivity index (χ1v) is 11.1. The molecule has 9 nitrogen and oxygen atoms in total. The third-order valence-corrected chi connectivity index (χ3v) is 5.82. The van der Waals surface area contributed by atoms with Crippen molar-refractivity contribution in [1.29, 1.82) is 0 Å². The van der Waals surface area contributed by atoms with E-state index in [9.17, 15) is 9.59 Å². The van der Waals surface area contributed by atoms with Crippen LogP contribution in [0.15, 0.2) is 30.5 Å². The summed E-state index contributed by atoms with van der Waals surface area (Å²) in [7, 11) is 3.04. The molecule has 10 heteroatoms. The van der Waals surface area contributed by atoms with Crippen LogP contribution in [0.1, 0.15) is 33.6 Å². The molecule has 0 spiro atoms. The van der Waals surface area contributed by atoms with Crippen molar-refractivity contribution in [2.45, 2.75) is 18.9 Å². The van der Waals surface area contributed by atoms with Crippen LogP contribution in [-0.4, -0.2) is 50.6 Å². The molecule has 34 heavy (non-hydrogen) atoms. The summed E-state index contributed by atoms with van der Waals surface area (Å²) in [4.78, 5) is 28.8. The summed E-state index contributed by atoms with van der Waals surface area (Å²) in [5.74, 6) is 0.657. The maximum Gasteiger partial charge on any atom is 0.255 e. The number of carbonyl (C=O) groups is 2. The number of rotatable bonds is 10. The van der Waals surface area contributed by atoms with E-state index in [1.807, 2.05) is 0 Å². The lowest BCUT2D eigenvalue weighted by Crippen LogP contribution is -2.27. The molecule has 3 aromatic rings. The van der Waals surface area contributed by atoms with Crippen molar-refractivity contribution in [2.75, 3.05) is 38.4 Å².